The lowest BCUT2D eigenvalue weighted by Crippen LogP contribution is -2.34. The number of carbonyl (C=O) groups excluding carboxylic acids is 3. The minimum absolute atomic E-state index is 0.150. The molecule has 0 aliphatic carbocycles. The number of amides is 2. The highest BCUT2D eigenvalue weighted by atomic mass is 35.5. The molecule has 0 fully saturated rings. The van der Waals surface area contributed by atoms with E-state index in [4.69, 9.17) is 27.9 Å². The predicted molar refractivity (Wildman–Crippen MR) is 89.2 cm³/mol. The largest absolute Gasteiger partial charge is 0.497 e. The summed E-state index contributed by atoms with van der Waals surface area (Å²) in [7, 11) is 1.52. The Morgan fingerprint density at radius 2 is 1.50 bits per heavy atom. The van der Waals surface area contributed by atoms with E-state index >= 15 is 0 Å². The van der Waals surface area contributed by atoms with E-state index in [0.717, 1.165) is 4.90 Å². The van der Waals surface area contributed by atoms with E-state index in [0.29, 0.717) is 11.3 Å². The zero-order valence-corrected chi connectivity index (χ0v) is 14.0. The standard InChI is InChI=1S/C17H11Cl2NO4/c1-24-10-4-2-9(3-5-10)15(21)8-20-16(22)11-6-13(18)14(19)7-12(11)17(20)23/h2-7H,8H2,1H3. The third-order valence-corrected chi connectivity index (χ3v) is 4.45. The fourth-order valence-corrected chi connectivity index (χ4v) is 2.77. The molecular formula is C17H11Cl2NO4. The third-order valence-electron chi connectivity index (χ3n) is 3.73. The Hall–Kier alpha value is -2.37. The molecule has 0 bridgehead atoms. The lowest BCUT2D eigenvalue weighted by molar-refractivity contribution is 0.0624. The summed E-state index contributed by atoms with van der Waals surface area (Å²) in [5, 5.41) is 0.361. The molecule has 0 saturated carbocycles. The van der Waals surface area contributed by atoms with Crippen molar-refractivity contribution in [1.29, 1.82) is 0 Å². The van der Waals surface area contributed by atoms with Gasteiger partial charge in [0, 0.05) is 5.56 Å². The Bertz CT molecular complexity index is 821. The van der Waals surface area contributed by atoms with Crippen LogP contribution in [0.25, 0.3) is 0 Å². The van der Waals surface area contributed by atoms with Gasteiger partial charge in [-0.3, -0.25) is 19.3 Å². The second-order valence-corrected chi connectivity index (χ2v) is 5.97. The number of rotatable bonds is 4. The van der Waals surface area contributed by atoms with Crippen LogP contribution in [0.5, 0.6) is 5.75 Å². The number of hydrogen-bond donors (Lipinski definition) is 0. The number of halogens is 2. The van der Waals surface area contributed by atoms with Crippen LogP contribution in [-0.4, -0.2) is 36.2 Å². The molecule has 2 amide bonds. The Balaban J connectivity index is 1.84. The predicted octanol–water partition coefficient (Wildman–Crippen LogP) is 3.48. The van der Waals surface area contributed by atoms with Gasteiger partial charge in [-0.1, -0.05) is 23.2 Å². The van der Waals surface area contributed by atoms with Gasteiger partial charge in [-0.2, -0.15) is 0 Å². The molecule has 3 rings (SSSR count). The molecule has 0 N–H and O–H groups in total. The zero-order chi connectivity index (χ0) is 17.4. The van der Waals surface area contributed by atoms with Gasteiger partial charge < -0.3 is 4.74 Å². The molecule has 0 atom stereocenters. The monoisotopic (exact) mass is 363 g/mol. The highest BCUT2D eigenvalue weighted by Gasteiger charge is 2.37. The quantitative estimate of drug-likeness (QED) is 0.616. The summed E-state index contributed by atoms with van der Waals surface area (Å²) in [5.41, 5.74) is 0.678. The van der Waals surface area contributed by atoms with Crippen LogP contribution in [0.4, 0.5) is 0 Å². The smallest absolute Gasteiger partial charge is 0.262 e. The minimum Gasteiger partial charge on any atom is -0.497 e. The molecule has 0 spiro atoms. The summed E-state index contributed by atoms with van der Waals surface area (Å²) in [6.07, 6.45) is 0. The van der Waals surface area contributed by atoms with E-state index in [1.807, 2.05) is 0 Å². The van der Waals surface area contributed by atoms with Gasteiger partial charge in [-0.15, -0.1) is 0 Å². The van der Waals surface area contributed by atoms with Crippen molar-refractivity contribution in [1.82, 2.24) is 4.90 Å². The van der Waals surface area contributed by atoms with Crippen molar-refractivity contribution in [3.05, 3.63) is 63.1 Å². The number of hydrogen-bond acceptors (Lipinski definition) is 4. The van der Waals surface area contributed by atoms with Crippen LogP contribution in [0.15, 0.2) is 36.4 Å². The number of carbonyl (C=O) groups is 3. The fourth-order valence-electron chi connectivity index (χ4n) is 2.44. The molecule has 0 saturated heterocycles. The Kier molecular flexibility index (Phi) is 4.30. The SMILES string of the molecule is COc1ccc(C(=O)CN2C(=O)c3cc(Cl)c(Cl)cc3C2=O)cc1. The molecular weight excluding hydrogens is 353 g/mol. The van der Waals surface area contributed by atoms with E-state index < -0.39 is 11.8 Å². The van der Waals surface area contributed by atoms with E-state index in [9.17, 15) is 14.4 Å². The molecule has 0 aromatic heterocycles. The summed E-state index contributed by atoms with van der Waals surface area (Å²) >= 11 is 11.8. The number of benzene rings is 2. The number of ketones is 1. The Morgan fingerprint density at radius 3 is 1.96 bits per heavy atom. The first kappa shape index (κ1) is 16.5. The van der Waals surface area contributed by atoms with Crippen LogP contribution in [0, 0.1) is 0 Å². The first-order valence-electron chi connectivity index (χ1n) is 6.95. The molecule has 1 aliphatic rings. The van der Waals surface area contributed by atoms with Crippen molar-refractivity contribution in [2.24, 2.45) is 0 Å². The van der Waals surface area contributed by atoms with E-state index in [-0.39, 0.29) is 33.5 Å². The summed E-state index contributed by atoms with van der Waals surface area (Å²) in [5.74, 6) is -0.869. The van der Waals surface area contributed by atoms with Crippen LogP contribution < -0.4 is 4.74 Å². The van der Waals surface area contributed by atoms with E-state index in [2.05, 4.69) is 0 Å². The molecule has 1 heterocycles. The number of Topliss-reactive ketones (excluding diaryl/α,β-unsaturated/α-hetero) is 1. The van der Waals surface area contributed by atoms with Gasteiger partial charge in [0.15, 0.2) is 5.78 Å². The summed E-state index contributed by atoms with van der Waals surface area (Å²) < 4.78 is 5.03. The lowest BCUT2D eigenvalue weighted by Gasteiger charge is -2.12. The van der Waals surface area contributed by atoms with Crippen LogP contribution in [-0.2, 0) is 0 Å². The van der Waals surface area contributed by atoms with Gasteiger partial charge in [-0.25, -0.2) is 0 Å². The van der Waals surface area contributed by atoms with Crippen molar-refractivity contribution in [2.45, 2.75) is 0 Å². The summed E-state index contributed by atoms with van der Waals surface area (Å²) in [6.45, 7) is -0.353. The Morgan fingerprint density at radius 1 is 1.00 bits per heavy atom. The highest BCUT2D eigenvalue weighted by Crippen LogP contribution is 2.31. The van der Waals surface area contributed by atoms with Crippen molar-refractivity contribution >= 4 is 40.8 Å². The molecule has 5 nitrogen and oxygen atoms in total. The number of imide groups is 1. The van der Waals surface area contributed by atoms with Gasteiger partial charge in [0.1, 0.15) is 5.75 Å². The van der Waals surface area contributed by atoms with Crippen LogP contribution >= 0.6 is 23.2 Å². The molecule has 122 valence electrons. The van der Waals surface area contributed by atoms with Crippen LogP contribution in [0.1, 0.15) is 31.1 Å². The van der Waals surface area contributed by atoms with Gasteiger partial charge in [0.25, 0.3) is 11.8 Å². The molecule has 2 aromatic rings. The lowest BCUT2D eigenvalue weighted by atomic mass is 10.1. The first-order valence-corrected chi connectivity index (χ1v) is 7.70. The van der Waals surface area contributed by atoms with Crippen LogP contribution in [0.2, 0.25) is 10.0 Å². The maximum atomic E-state index is 12.4. The van der Waals surface area contributed by atoms with Crippen molar-refractivity contribution in [2.75, 3.05) is 13.7 Å². The molecule has 7 heteroatoms. The highest BCUT2D eigenvalue weighted by molar-refractivity contribution is 6.43. The van der Waals surface area contributed by atoms with Gasteiger partial charge in [0.2, 0.25) is 0 Å². The molecule has 2 aromatic carbocycles. The number of nitrogens with zero attached hydrogens (tertiary/aromatic N) is 1. The maximum absolute atomic E-state index is 12.4. The van der Waals surface area contributed by atoms with Crippen molar-refractivity contribution < 1.29 is 19.1 Å². The van der Waals surface area contributed by atoms with Crippen molar-refractivity contribution in [3.8, 4) is 5.75 Å². The topological polar surface area (TPSA) is 63.7 Å². The third kappa shape index (κ3) is 2.77. The number of methoxy groups -OCH3 is 1. The van der Waals surface area contributed by atoms with Crippen molar-refractivity contribution in [3.63, 3.8) is 0 Å². The summed E-state index contributed by atoms with van der Waals surface area (Å²) in [6, 6.07) is 9.11. The summed E-state index contributed by atoms with van der Waals surface area (Å²) in [4.78, 5) is 38.0. The van der Waals surface area contributed by atoms with Crippen LogP contribution in [0.3, 0.4) is 0 Å². The van der Waals surface area contributed by atoms with Gasteiger partial charge in [-0.05, 0) is 36.4 Å². The molecule has 0 unspecified atom stereocenters. The number of fused-ring (bicyclic) bond motifs is 1. The minimum atomic E-state index is -0.560. The zero-order valence-electron chi connectivity index (χ0n) is 12.5. The fraction of sp³-hybridized carbons (Fsp3) is 0.118. The maximum Gasteiger partial charge on any atom is 0.262 e. The number of ether oxygens (including phenoxy) is 1. The normalized spacial score (nSPS) is 13.2. The van der Waals surface area contributed by atoms with E-state index in [1.165, 1.54) is 19.2 Å². The second kappa shape index (κ2) is 6.26. The van der Waals surface area contributed by atoms with E-state index in [1.54, 1.807) is 24.3 Å². The average molecular weight is 364 g/mol. The Labute approximate surface area is 147 Å². The first-order chi connectivity index (χ1) is 11.4. The molecule has 24 heavy (non-hydrogen) atoms. The molecule has 1 aliphatic heterocycles. The second-order valence-electron chi connectivity index (χ2n) is 5.16. The van der Waals surface area contributed by atoms with Gasteiger partial charge in [0.05, 0.1) is 34.8 Å². The van der Waals surface area contributed by atoms with Gasteiger partial charge >= 0.3 is 0 Å². The average Bonchev–Trinajstić information content (AvgIpc) is 2.80. The molecule has 0 radical (unpaired) electrons.